The number of rotatable bonds is 4. The molecule has 1 N–H and O–H groups in total. The topological polar surface area (TPSA) is 67.0 Å². The third-order valence-corrected chi connectivity index (χ3v) is 4.70. The number of aliphatic imine (C=N–C) groups is 1. The summed E-state index contributed by atoms with van der Waals surface area (Å²) in [6, 6.07) is 9.43. The molecule has 1 aliphatic rings. The molecule has 0 bridgehead atoms. The molecule has 7 nitrogen and oxygen atoms in total. The zero-order valence-electron chi connectivity index (χ0n) is 15.5. The smallest absolute Gasteiger partial charge is 0.213 e. The Balaban J connectivity index is 0.00000225. The van der Waals surface area contributed by atoms with Crippen LogP contribution >= 0.6 is 35.6 Å². The Bertz CT molecular complexity index is 948. The largest absolute Gasteiger partial charge is 0.472 e. The molecule has 4 heterocycles. The number of hydrogen-bond acceptors (Lipinski definition) is 4. The summed E-state index contributed by atoms with van der Waals surface area (Å²) >= 11 is 6.03. The number of halogens is 2. The average molecular weight is 513 g/mol. The lowest BCUT2D eigenvalue weighted by molar-refractivity contribution is 0.205. The van der Waals surface area contributed by atoms with Gasteiger partial charge in [0.05, 0.1) is 23.8 Å². The molecular formula is C19H22ClIN6O. The first-order valence-electron chi connectivity index (χ1n) is 8.88. The standard InChI is InChI=1S/C19H21ClN6O.HI/c1-21-19(23-10-15-12-26-11-14(20)5-6-17(26)24-15)25-9-7-16(13-25)27-18-4-2-3-8-22-18;/h2-6,8,11-12,16H,7,9-10,13H2,1H3,(H,21,23);1H. The van der Waals surface area contributed by atoms with Crippen LogP contribution in [0.4, 0.5) is 0 Å². The lowest BCUT2D eigenvalue weighted by Crippen LogP contribution is -2.40. The zero-order chi connectivity index (χ0) is 18.6. The molecule has 1 aliphatic heterocycles. The van der Waals surface area contributed by atoms with Crippen molar-refractivity contribution in [2.45, 2.75) is 19.1 Å². The number of fused-ring (bicyclic) bond motifs is 1. The monoisotopic (exact) mass is 512 g/mol. The molecule has 4 rings (SSSR count). The van der Waals surface area contributed by atoms with Gasteiger partial charge in [0.25, 0.3) is 0 Å². The number of hydrogen-bond donors (Lipinski definition) is 1. The second-order valence-corrected chi connectivity index (χ2v) is 6.82. The van der Waals surface area contributed by atoms with Gasteiger partial charge in [0.2, 0.25) is 5.88 Å². The molecule has 28 heavy (non-hydrogen) atoms. The van der Waals surface area contributed by atoms with Crippen molar-refractivity contribution in [2.75, 3.05) is 20.1 Å². The molecular weight excluding hydrogens is 491 g/mol. The van der Waals surface area contributed by atoms with Crippen LogP contribution in [-0.2, 0) is 6.54 Å². The average Bonchev–Trinajstić information content (AvgIpc) is 3.29. The van der Waals surface area contributed by atoms with Crippen molar-refractivity contribution in [3.8, 4) is 5.88 Å². The van der Waals surface area contributed by atoms with E-state index in [0.717, 1.165) is 36.8 Å². The maximum absolute atomic E-state index is 6.03. The van der Waals surface area contributed by atoms with Gasteiger partial charge in [-0.1, -0.05) is 17.7 Å². The quantitative estimate of drug-likeness (QED) is 0.330. The van der Waals surface area contributed by atoms with E-state index in [-0.39, 0.29) is 30.1 Å². The molecule has 0 aromatic carbocycles. The zero-order valence-corrected chi connectivity index (χ0v) is 18.5. The molecule has 1 saturated heterocycles. The summed E-state index contributed by atoms with van der Waals surface area (Å²) < 4.78 is 7.88. The Kier molecular flexibility index (Phi) is 6.95. The molecule has 3 aromatic heterocycles. The fourth-order valence-corrected chi connectivity index (χ4v) is 3.38. The van der Waals surface area contributed by atoms with Gasteiger partial charge >= 0.3 is 0 Å². The number of likely N-dealkylation sites (tertiary alicyclic amines) is 1. The van der Waals surface area contributed by atoms with Crippen LogP contribution in [0.2, 0.25) is 5.02 Å². The van der Waals surface area contributed by atoms with E-state index in [1.54, 1.807) is 13.2 Å². The lowest BCUT2D eigenvalue weighted by atomic mass is 10.3. The molecule has 1 unspecified atom stereocenters. The van der Waals surface area contributed by atoms with Crippen LogP contribution in [0.1, 0.15) is 12.1 Å². The van der Waals surface area contributed by atoms with Gasteiger partial charge in [0, 0.05) is 44.7 Å². The number of ether oxygens (including phenoxy) is 1. The minimum atomic E-state index is 0. The highest BCUT2D eigenvalue weighted by atomic mass is 127. The second-order valence-electron chi connectivity index (χ2n) is 6.39. The van der Waals surface area contributed by atoms with Gasteiger partial charge in [0.15, 0.2) is 5.96 Å². The molecule has 0 radical (unpaired) electrons. The summed E-state index contributed by atoms with van der Waals surface area (Å²) in [5.41, 5.74) is 1.80. The molecule has 9 heteroatoms. The molecule has 0 saturated carbocycles. The van der Waals surface area contributed by atoms with Crippen molar-refractivity contribution in [3.63, 3.8) is 0 Å². The van der Waals surface area contributed by atoms with E-state index in [9.17, 15) is 0 Å². The molecule has 1 atom stereocenters. The Morgan fingerprint density at radius 1 is 1.32 bits per heavy atom. The van der Waals surface area contributed by atoms with Crippen molar-refractivity contribution in [2.24, 2.45) is 4.99 Å². The Labute approximate surface area is 185 Å². The number of nitrogens with one attached hydrogen (secondary N) is 1. The molecule has 1 fully saturated rings. The van der Waals surface area contributed by atoms with Gasteiger partial charge in [-0.05, 0) is 18.2 Å². The van der Waals surface area contributed by atoms with Crippen molar-refractivity contribution < 1.29 is 4.74 Å². The van der Waals surface area contributed by atoms with Gasteiger partial charge in [0.1, 0.15) is 11.8 Å². The Hall–Kier alpha value is -2.07. The number of imidazole rings is 1. The van der Waals surface area contributed by atoms with Gasteiger partial charge in [-0.15, -0.1) is 24.0 Å². The highest BCUT2D eigenvalue weighted by Gasteiger charge is 2.26. The Morgan fingerprint density at radius 2 is 2.21 bits per heavy atom. The number of aromatic nitrogens is 3. The van der Waals surface area contributed by atoms with Crippen LogP contribution in [0.5, 0.6) is 5.88 Å². The molecule has 148 valence electrons. The first kappa shape index (κ1) is 20.7. The normalized spacial score (nSPS) is 16.9. The summed E-state index contributed by atoms with van der Waals surface area (Å²) in [5, 5.41) is 4.07. The maximum atomic E-state index is 6.03. The van der Waals surface area contributed by atoms with Crippen LogP contribution in [0, 0.1) is 0 Å². The minimum Gasteiger partial charge on any atom is -0.472 e. The van der Waals surface area contributed by atoms with Crippen molar-refractivity contribution in [1.29, 1.82) is 0 Å². The van der Waals surface area contributed by atoms with E-state index >= 15 is 0 Å². The highest BCUT2D eigenvalue weighted by Crippen LogP contribution is 2.16. The fourth-order valence-electron chi connectivity index (χ4n) is 3.21. The lowest BCUT2D eigenvalue weighted by Gasteiger charge is -2.21. The summed E-state index contributed by atoms with van der Waals surface area (Å²) in [5.74, 6) is 1.51. The first-order chi connectivity index (χ1) is 13.2. The van der Waals surface area contributed by atoms with Crippen LogP contribution in [-0.4, -0.2) is 51.5 Å². The molecule has 0 aliphatic carbocycles. The summed E-state index contributed by atoms with van der Waals surface area (Å²) in [6.45, 7) is 2.25. The van der Waals surface area contributed by atoms with Crippen LogP contribution in [0.15, 0.2) is 53.9 Å². The third-order valence-electron chi connectivity index (χ3n) is 4.47. The first-order valence-corrected chi connectivity index (χ1v) is 9.25. The summed E-state index contributed by atoms with van der Waals surface area (Å²) in [6.07, 6.45) is 6.60. The summed E-state index contributed by atoms with van der Waals surface area (Å²) in [7, 11) is 1.79. The van der Waals surface area contributed by atoms with Gasteiger partial charge < -0.3 is 19.4 Å². The minimum absolute atomic E-state index is 0. The number of pyridine rings is 2. The van der Waals surface area contributed by atoms with Crippen molar-refractivity contribution in [3.05, 3.63) is 59.6 Å². The van der Waals surface area contributed by atoms with Crippen molar-refractivity contribution >= 4 is 47.2 Å². The van der Waals surface area contributed by atoms with E-state index in [4.69, 9.17) is 16.3 Å². The van der Waals surface area contributed by atoms with Gasteiger partial charge in [-0.2, -0.15) is 0 Å². The summed E-state index contributed by atoms with van der Waals surface area (Å²) in [4.78, 5) is 15.4. The van der Waals surface area contributed by atoms with E-state index < -0.39 is 0 Å². The predicted octanol–water partition coefficient (Wildman–Crippen LogP) is 3.23. The van der Waals surface area contributed by atoms with E-state index in [1.807, 2.05) is 47.1 Å². The number of guanidine groups is 1. The second kappa shape index (κ2) is 9.42. The van der Waals surface area contributed by atoms with Gasteiger partial charge in [-0.3, -0.25) is 4.99 Å². The van der Waals surface area contributed by atoms with Gasteiger partial charge in [-0.25, -0.2) is 9.97 Å². The fraction of sp³-hybridized carbons (Fsp3) is 0.316. The Morgan fingerprint density at radius 3 is 3.00 bits per heavy atom. The highest BCUT2D eigenvalue weighted by molar-refractivity contribution is 14.0. The van der Waals surface area contributed by atoms with E-state index in [0.29, 0.717) is 17.4 Å². The van der Waals surface area contributed by atoms with Crippen LogP contribution < -0.4 is 10.1 Å². The van der Waals surface area contributed by atoms with Crippen LogP contribution in [0.3, 0.4) is 0 Å². The molecule has 0 spiro atoms. The van der Waals surface area contributed by atoms with E-state index in [2.05, 4.69) is 25.2 Å². The van der Waals surface area contributed by atoms with Crippen LogP contribution in [0.25, 0.3) is 5.65 Å². The SMILES string of the molecule is CN=C(NCc1cn2cc(Cl)ccc2n1)N1CCC(Oc2ccccn2)C1.I. The third kappa shape index (κ3) is 4.85. The number of nitrogens with zero attached hydrogens (tertiary/aromatic N) is 5. The predicted molar refractivity (Wildman–Crippen MR) is 121 cm³/mol. The molecule has 0 amide bonds. The maximum Gasteiger partial charge on any atom is 0.213 e. The van der Waals surface area contributed by atoms with E-state index in [1.165, 1.54) is 0 Å². The van der Waals surface area contributed by atoms with Crippen molar-refractivity contribution in [1.82, 2.24) is 24.6 Å². The molecule has 3 aromatic rings.